The fourth-order valence-corrected chi connectivity index (χ4v) is 0.896. The van der Waals surface area contributed by atoms with Gasteiger partial charge in [0.05, 0.1) is 0 Å². The van der Waals surface area contributed by atoms with E-state index in [1.807, 2.05) is 6.26 Å². The molecule has 0 amide bonds. The van der Waals surface area contributed by atoms with Crippen LogP contribution >= 0.6 is 27.7 Å². The molecule has 0 aliphatic rings. The van der Waals surface area contributed by atoms with E-state index in [0.29, 0.717) is 5.16 Å². The van der Waals surface area contributed by atoms with Crippen LogP contribution in [0.15, 0.2) is 14.6 Å². The van der Waals surface area contributed by atoms with Crippen molar-refractivity contribution in [3.05, 3.63) is 15.0 Å². The number of thioether (sulfide) groups is 1. The molecule has 0 fully saturated rings. The second kappa shape index (κ2) is 3.16. The van der Waals surface area contributed by atoms with E-state index < -0.39 is 0 Å². The first-order chi connectivity index (χ1) is 4.74. The van der Waals surface area contributed by atoms with Gasteiger partial charge in [0.15, 0.2) is 9.76 Å². The largest absolute Gasteiger partial charge is 0.298 e. The van der Waals surface area contributed by atoms with Crippen molar-refractivity contribution in [2.24, 2.45) is 0 Å². The number of rotatable bonds is 1. The first-order valence-corrected chi connectivity index (χ1v) is 4.42. The van der Waals surface area contributed by atoms with Gasteiger partial charge in [-0.15, -0.1) is 10.2 Å². The van der Waals surface area contributed by atoms with Crippen LogP contribution in [0.5, 0.6) is 0 Å². The monoisotopic (exact) mass is 221 g/mol. The predicted molar refractivity (Wildman–Crippen MR) is 42.1 cm³/mol. The minimum Gasteiger partial charge on any atom is -0.298 e. The molecule has 0 aliphatic heterocycles. The summed E-state index contributed by atoms with van der Waals surface area (Å²) in [5.41, 5.74) is -0.251. The Kier molecular flexibility index (Phi) is 2.44. The van der Waals surface area contributed by atoms with Crippen molar-refractivity contribution in [2.75, 3.05) is 6.26 Å². The molecular formula is C4H4BrN3OS. The number of halogens is 1. The van der Waals surface area contributed by atoms with Crippen LogP contribution in [0.25, 0.3) is 0 Å². The molecule has 0 saturated carbocycles. The number of aromatic amines is 1. The van der Waals surface area contributed by atoms with Gasteiger partial charge in [-0.05, 0) is 22.2 Å². The van der Waals surface area contributed by atoms with Crippen LogP contribution in [-0.4, -0.2) is 21.4 Å². The Morgan fingerprint density at radius 3 is 2.80 bits per heavy atom. The maximum atomic E-state index is 10.8. The lowest BCUT2D eigenvalue weighted by atomic mass is 10.9. The van der Waals surface area contributed by atoms with Crippen LogP contribution in [0.3, 0.4) is 0 Å². The Balaban J connectivity index is 3.17. The SMILES string of the molecule is CSc1nnc(Br)c(=O)[nH]1. The van der Waals surface area contributed by atoms with E-state index in [-0.39, 0.29) is 10.2 Å². The summed E-state index contributed by atoms with van der Waals surface area (Å²) in [7, 11) is 0. The number of nitrogens with zero attached hydrogens (tertiary/aromatic N) is 2. The predicted octanol–water partition coefficient (Wildman–Crippen LogP) is 0.649. The molecule has 4 nitrogen and oxygen atoms in total. The van der Waals surface area contributed by atoms with E-state index in [1.165, 1.54) is 11.8 Å². The van der Waals surface area contributed by atoms with Gasteiger partial charge in [0, 0.05) is 0 Å². The van der Waals surface area contributed by atoms with Crippen molar-refractivity contribution in [1.29, 1.82) is 0 Å². The zero-order valence-corrected chi connectivity index (χ0v) is 7.49. The smallest absolute Gasteiger partial charge is 0.284 e. The van der Waals surface area contributed by atoms with Crippen LogP contribution in [0.4, 0.5) is 0 Å². The average molecular weight is 222 g/mol. The highest BCUT2D eigenvalue weighted by Crippen LogP contribution is 2.03. The molecule has 0 aliphatic carbocycles. The lowest BCUT2D eigenvalue weighted by Gasteiger charge is -1.91. The minimum absolute atomic E-state index is 0.213. The molecule has 6 heteroatoms. The number of H-pyrrole nitrogens is 1. The number of nitrogens with one attached hydrogen (secondary N) is 1. The van der Waals surface area contributed by atoms with Gasteiger partial charge in [0.1, 0.15) is 0 Å². The highest BCUT2D eigenvalue weighted by molar-refractivity contribution is 9.10. The van der Waals surface area contributed by atoms with Crippen molar-refractivity contribution in [3.8, 4) is 0 Å². The molecule has 0 aromatic carbocycles. The normalized spacial score (nSPS) is 9.80. The number of aromatic nitrogens is 3. The lowest BCUT2D eigenvalue weighted by Crippen LogP contribution is -2.11. The summed E-state index contributed by atoms with van der Waals surface area (Å²) in [6, 6.07) is 0. The van der Waals surface area contributed by atoms with Gasteiger partial charge >= 0.3 is 0 Å². The second-order valence-corrected chi connectivity index (χ2v) is 3.00. The second-order valence-electron chi connectivity index (χ2n) is 1.45. The van der Waals surface area contributed by atoms with E-state index >= 15 is 0 Å². The Labute approximate surface area is 69.6 Å². The van der Waals surface area contributed by atoms with E-state index in [4.69, 9.17) is 0 Å². The fourth-order valence-electron chi connectivity index (χ4n) is 0.400. The van der Waals surface area contributed by atoms with E-state index in [0.717, 1.165) is 0 Å². The van der Waals surface area contributed by atoms with Crippen molar-refractivity contribution < 1.29 is 0 Å². The zero-order chi connectivity index (χ0) is 7.56. The standard InChI is InChI=1S/C4H4BrN3OS/c1-10-4-6-3(9)2(5)7-8-4/h1H3,(H,6,8,9). The van der Waals surface area contributed by atoms with Crippen molar-refractivity contribution in [1.82, 2.24) is 15.2 Å². The summed E-state index contributed by atoms with van der Waals surface area (Å²) in [5.74, 6) is 0. The highest BCUT2D eigenvalue weighted by atomic mass is 79.9. The first-order valence-electron chi connectivity index (χ1n) is 2.40. The molecule has 1 rings (SSSR count). The van der Waals surface area contributed by atoms with Crippen LogP contribution in [0.2, 0.25) is 0 Å². The molecular weight excluding hydrogens is 218 g/mol. The summed E-state index contributed by atoms with van der Waals surface area (Å²) in [5, 5.41) is 7.74. The molecule has 54 valence electrons. The molecule has 0 saturated heterocycles. The molecule has 0 atom stereocenters. The molecule has 0 bridgehead atoms. The van der Waals surface area contributed by atoms with Crippen LogP contribution in [-0.2, 0) is 0 Å². The van der Waals surface area contributed by atoms with Gasteiger partial charge in [-0.25, -0.2) is 0 Å². The average Bonchev–Trinajstić information content (AvgIpc) is 1.95. The molecule has 0 radical (unpaired) electrons. The zero-order valence-electron chi connectivity index (χ0n) is 5.09. The molecule has 0 unspecified atom stereocenters. The van der Waals surface area contributed by atoms with Gasteiger partial charge in [-0.1, -0.05) is 11.8 Å². The molecule has 1 aromatic rings. The van der Waals surface area contributed by atoms with Gasteiger partial charge < -0.3 is 0 Å². The number of hydrogen-bond acceptors (Lipinski definition) is 4. The topological polar surface area (TPSA) is 58.6 Å². The molecule has 1 aromatic heterocycles. The van der Waals surface area contributed by atoms with Gasteiger partial charge in [0.2, 0.25) is 0 Å². The molecule has 0 spiro atoms. The Hall–Kier alpha value is -0.360. The first kappa shape index (κ1) is 7.74. The third-order valence-corrected chi connectivity index (χ3v) is 1.92. The quantitative estimate of drug-likeness (QED) is 0.708. The summed E-state index contributed by atoms with van der Waals surface area (Å²) >= 11 is 4.27. The van der Waals surface area contributed by atoms with Crippen molar-refractivity contribution >= 4 is 27.7 Å². The summed E-state index contributed by atoms with van der Waals surface area (Å²) in [4.78, 5) is 13.3. The fraction of sp³-hybridized carbons (Fsp3) is 0.250. The Morgan fingerprint density at radius 1 is 1.60 bits per heavy atom. The Bertz CT molecular complexity index is 286. The third-order valence-electron chi connectivity index (χ3n) is 0.830. The van der Waals surface area contributed by atoms with Gasteiger partial charge in [-0.3, -0.25) is 9.78 Å². The molecule has 10 heavy (non-hydrogen) atoms. The van der Waals surface area contributed by atoms with E-state index in [1.54, 1.807) is 0 Å². The minimum atomic E-state index is -0.251. The van der Waals surface area contributed by atoms with Crippen LogP contribution in [0.1, 0.15) is 0 Å². The van der Waals surface area contributed by atoms with Gasteiger partial charge in [0.25, 0.3) is 5.56 Å². The van der Waals surface area contributed by atoms with Crippen LogP contribution < -0.4 is 5.56 Å². The summed E-state index contributed by atoms with van der Waals surface area (Å²) < 4.78 is 0.213. The highest BCUT2D eigenvalue weighted by Gasteiger charge is 1.97. The van der Waals surface area contributed by atoms with Crippen molar-refractivity contribution in [3.63, 3.8) is 0 Å². The summed E-state index contributed by atoms with van der Waals surface area (Å²) in [6.45, 7) is 0. The molecule has 1 heterocycles. The van der Waals surface area contributed by atoms with Gasteiger partial charge in [-0.2, -0.15) is 0 Å². The third kappa shape index (κ3) is 1.57. The Morgan fingerprint density at radius 2 is 2.30 bits per heavy atom. The van der Waals surface area contributed by atoms with E-state index in [2.05, 4.69) is 31.1 Å². The summed E-state index contributed by atoms with van der Waals surface area (Å²) in [6.07, 6.45) is 1.81. The van der Waals surface area contributed by atoms with Crippen molar-refractivity contribution in [2.45, 2.75) is 5.16 Å². The maximum Gasteiger partial charge on any atom is 0.284 e. The van der Waals surface area contributed by atoms with Crippen LogP contribution in [0, 0.1) is 0 Å². The molecule has 1 N–H and O–H groups in total. The number of hydrogen-bond donors (Lipinski definition) is 1. The van der Waals surface area contributed by atoms with E-state index in [9.17, 15) is 4.79 Å². The maximum absolute atomic E-state index is 10.8. The lowest BCUT2D eigenvalue weighted by molar-refractivity contribution is 0.801.